The maximum atomic E-state index is 13.4. The molecule has 2 amide bonds. The molecule has 156 valence electrons. The predicted octanol–water partition coefficient (Wildman–Crippen LogP) is 2.33. The van der Waals surface area contributed by atoms with E-state index in [1.165, 1.54) is 6.07 Å². The SMILES string of the molecule is Cc1cc(-c2noc(CCC(=O)NCCC(=O)NCc3ccncc3)n2)ccc1F. The third kappa shape index (κ3) is 6.20. The maximum absolute atomic E-state index is 13.4. The van der Waals surface area contributed by atoms with E-state index in [0.717, 1.165) is 5.56 Å². The van der Waals surface area contributed by atoms with Gasteiger partial charge in [0.15, 0.2) is 0 Å². The average molecular weight is 411 g/mol. The quantitative estimate of drug-likeness (QED) is 0.559. The summed E-state index contributed by atoms with van der Waals surface area (Å²) in [4.78, 5) is 31.9. The zero-order valence-corrected chi connectivity index (χ0v) is 16.5. The summed E-state index contributed by atoms with van der Waals surface area (Å²) in [6.45, 7) is 2.32. The Kier molecular flexibility index (Phi) is 7.20. The number of hydrogen-bond donors (Lipinski definition) is 2. The monoisotopic (exact) mass is 411 g/mol. The summed E-state index contributed by atoms with van der Waals surface area (Å²) in [5, 5.41) is 9.34. The van der Waals surface area contributed by atoms with Crippen molar-refractivity contribution in [3.63, 3.8) is 0 Å². The van der Waals surface area contributed by atoms with Crippen molar-refractivity contribution >= 4 is 11.8 Å². The fraction of sp³-hybridized carbons (Fsp3) is 0.286. The number of halogens is 1. The highest BCUT2D eigenvalue weighted by molar-refractivity contribution is 5.79. The Morgan fingerprint density at radius 3 is 2.60 bits per heavy atom. The van der Waals surface area contributed by atoms with Gasteiger partial charge in [-0.05, 0) is 48.4 Å². The van der Waals surface area contributed by atoms with Gasteiger partial charge in [0.05, 0.1) is 0 Å². The predicted molar refractivity (Wildman–Crippen MR) is 106 cm³/mol. The molecule has 0 saturated heterocycles. The lowest BCUT2D eigenvalue weighted by Gasteiger charge is -2.06. The summed E-state index contributed by atoms with van der Waals surface area (Å²) >= 11 is 0. The number of rotatable bonds is 9. The molecule has 8 nitrogen and oxygen atoms in total. The van der Waals surface area contributed by atoms with E-state index in [-0.39, 0.29) is 43.4 Å². The average Bonchev–Trinajstić information content (AvgIpc) is 3.22. The van der Waals surface area contributed by atoms with Crippen molar-refractivity contribution in [2.24, 2.45) is 0 Å². The zero-order valence-electron chi connectivity index (χ0n) is 16.5. The molecular formula is C21H22FN5O3. The fourth-order valence-corrected chi connectivity index (χ4v) is 2.67. The molecule has 9 heteroatoms. The minimum absolute atomic E-state index is 0.150. The van der Waals surface area contributed by atoms with Crippen molar-refractivity contribution in [3.8, 4) is 11.4 Å². The van der Waals surface area contributed by atoms with E-state index >= 15 is 0 Å². The molecule has 0 saturated carbocycles. The van der Waals surface area contributed by atoms with E-state index in [1.54, 1.807) is 31.5 Å². The second kappa shape index (κ2) is 10.2. The minimum Gasteiger partial charge on any atom is -0.356 e. The molecule has 2 heterocycles. The smallest absolute Gasteiger partial charge is 0.227 e. The normalized spacial score (nSPS) is 10.6. The molecule has 0 fully saturated rings. The van der Waals surface area contributed by atoms with Crippen LogP contribution in [0.1, 0.15) is 29.9 Å². The number of aromatic nitrogens is 3. The molecule has 30 heavy (non-hydrogen) atoms. The van der Waals surface area contributed by atoms with E-state index in [4.69, 9.17) is 4.52 Å². The Bertz CT molecular complexity index is 1010. The van der Waals surface area contributed by atoms with E-state index in [2.05, 4.69) is 25.8 Å². The lowest BCUT2D eigenvalue weighted by molar-refractivity contribution is -0.122. The van der Waals surface area contributed by atoms with Crippen LogP contribution in [0.15, 0.2) is 47.2 Å². The van der Waals surface area contributed by atoms with Crippen LogP contribution in [0.2, 0.25) is 0 Å². The molecule has 0 atom stereocenters. The topological polar surface area (TPSA) is 110 Å². The summed E-state index contributed by atoms with van der Waals surface area (Å²) in [7, 11) is 0. The van der Waals surface area contributed by atoms with Gasteiger partial charge in [-0.1, -0.05) is 5.16 Å². The van der Waals surface area contributed by atoms with Crippen molar-refractivity contribution in [3.05, 3.63) is 65.6 Å². The summed E-state index contributed by atoms with van der Waals surface area (Å²) in [5.74, 6) is -0.000609. The Labute approximate surface area is 172 Å². The van der Waals surface area contributed by atoms with E-state index < -0.39 is 0 Å². The summed E-state index contributed by atoms with van der Waals surface area (Å²) in [6, 6.07) is 8.20. The highest BCUT2D eigenvalue weighted by Gasteiger charge is 2.12. The molecule has 3 aromatic rings. The van der Waals surface area contributed by atoms with Crippen LogP contribution in [0.25, 0.3) is 11.4 Å². The molecule has 0 aliphatic carbocycles. The number of hydrogen-bond acceptors (Lipinski definition) is 6. The lowest BCUT2D eigenvalue weighted by atomic mass is 10.1. The van der Waals surface area contributed by atoms with Crippen LogP contribution in [0, 0.1) is 12.7 Å². The third-order valence-electron chi connectivity index (χ3n) is 4.36. The van der Waals surface area contributed by atoms with Gasteiger partial charge in [-0.25, -0.2) is 4.39 Å². The second-order valence-corrected chi connectivity index (χ2v) is 6.71. The van der Waals surface area contributed by atoms with Gasteiger partial charge in [0.1, 0.15) is 5.82 Å². The molecule has 0 bridgehead atoms. The number of benzene rings is 1. The number of aryl methyl sites for hydroxylation is 2. The second-order valence-electron chi connectivity index (χ2n) is 6.71. The van der Waals surface area contributed by atoms with Crippen molar-refractivity contribution in [2.75, 3.05) is 6.54 Å². The number of pyridine rings is 1. The van der Waals surface area contributed by atoms with Gasteiger partial charge in [-0.15, -0.1) is 0 Å². The van der Waals surface area contributed by atoms with Crippen LogP contribution in [0.4, 0.5) is 4.39 Å². The van der Waals surface area contributed by atoms with Gasteiger partial charge in [-0.3, -0.25) is 14.6 Å². The van der Waals surface area contributed by atoms with Gasteiger partial charge in [0, 0.05) is 50.3 Å². The minimum atomic E-state index is -0.301. The van der Waals surface area contributed by atoms with Crippen molar-refractivity contribution < 1.29 is 18.5 Å². The first-order chi connectivity index (χ1) is 14.5. The molecule has 2 N–H and O–H groups in total. The van der Waals surface area contributed by atoms with Gasteiger partial charge < -0.3 is 15.2 Å². The molecule has 1 aromatic carbocycles. The third-order valence-corrected chi connectivity index (χ3v) is 4.36. The fourth-order valence-electron chi connectivity index (χ4n) is 2.67. The van der Waals surface area contributed by atoms with E-state index in [1.807, 2.05) is 12.1 Å². The first kappa shape index (κ1) is 21.1. The molecule has 0 radical (unpaired) electrons. The molecule has 3 rings (SSSR count). The number of nitrogens with one attached hydrogen (secondary N) is 2. The Morgan fingerprint density at radius 1 is 1.07 bits per heavy atom. The van der Waals surface area contributed by atoms with Crippen LogP contribution in [-0.2, 0) is 22.6 Å². The van der Waals surface area contributed by atoms with Crippen LogP contribution in [0.3, 0.4) is 0 Å². The van der Waals surface area contributed by atoms with Crippen molar-refractivity contribution in [1.29, 1.82) is 0 Å². The molecule has 0 spiro atoms. The molecule has 0 aliphatic rings. The van der Waals surface area contributed by atoms with Crippen LogP contribution < -0.4 is 10.6 Å². The first-order valence-corrected chi connectivity index (χ1v) is 9.52. The highest BCUT2D eigenvalue weighted by Crippen LogP contribution is 2.19. The van der Waals surface area contributed by atoms with Crippen LogP contribution >= 0.6 is 0 Å². The molecular weight excluding hydrogens is 389 g/mol. The van der Waals surface area contributed by atoms with Crippen molar-refractivity contribution in [1.82, 2.24) is 25.8 Å². The molecule has 0 unspecified atom stereocenters. The molecule has 0 aliphatic heterocycles. The Balaban J connectivity index is 1.36. The summed E-state index contributed by atoms with van der Waals surface area (Å²) in [5.41, 5.74) is 2.09. The van der Waals surface area contributed by atoms with Crippen LogP contribution in [-0.4, -0.2) is 33.5 Å². The maximum Gasteiger partial charge on any atom is 0.227 e. The van der Waals surface area contributed by atoms with Crippen molar-refractivity contribution in [2.45, 2.75) is 32.7 Å². The number of carbonyl (C=O) groups is 2. The Morgan fingerprint density at radius 2 is 1.83 bits per heavy atom. The van der Waals surface area contributed by atoms with Gasteiger partial charge in [0.2, 0.25) is 23.5 Å². The highest BCUT2D eigenvalue weighted by atomic mass is 19.1. The summed E-state index contributed by atoms with van der Waals surface area (Å²) in [6.07, 6.45) is 3.94. The lowest BCUT2D eigenvalue weighted by Crippen LogP contribution is -2.30. The largest absolute Gasteiger partial charge is 0.356 e. The number of nitrogens with zero attached hydrogens (tertiary/aromatic N) is 3. The molecule has 2 aromatic heterocycles. The number of amides is 2. The van der Waals surface area contributed by atoms with Crippen LogP contribution in [0.5, 0.6) is 0 Å². The number of carbonyl (C=O) groups excluding carboxylic acids is 2. The van der Waals surface area contributed by atoms with Gasteiger partial charge >= 0.3 is 0 Å². The van der Waals surface area contributed by atoms with Gasteiger partial charge in [-0.2, -0.15) is 4.98 Å². The van der Waals surface area contributed by atoms with Gasteiger partial charge in [0.25, 0.3) is 0 Å². The Hall–Kier alpha value is -3.62. The standard InChI is InChI=1S/C21H22FN5O3/c1-14-12-16(2-3-17(14)22)21-26-20(30-27-21)5-4-18(28)24-11-8-19(29)25-13-15-6-9-23-10-7-15/h2-3,6-7,9-10,12H,4-5,8,11,13H2,1H3,(H,24,28)(H,25,29). The summed E-state index contributed by atoms with van der Waals surface area (Å²) < 4.78 is 18.5. The van der Waals surface area contributed by atoms with E-state index in [0.29, 0.717) is 29.4 Å². The first-order valence-electron chi connectivity index (χ1n) is 9.52. The van der Waals surface area contributed by atoms with E-state index in [9.17, 15) is 14.0 Å². The zero-order chi connectivity index (χ0) is 21.3.